The van der Waals surface area contributed by atoms with Gasteiger partial charge in [0.2, 0.25) is 0 Å². The summed E-state index contributed by atoms with van der Waals surface area (Å²) in [5.41, 5.74) is 2.62. The minimum Gasteiger partial charge on any atom is -0.378 e. The second-order valence-corrected chi connectivity index (χ2v) is 7.24. The van der Waals surface area contributed by atoms with E-state index in [0.717, 1.165) is 11.1 Å². The van der Waals surface area contributed by atoms with Gasteiger partial charge in [-0.05, 0) is 36.8 Å². The minimum absolute atomic E-state index is 0.185. The molecule has 0 radical (unpaired) electrons. The Morgan fingerprint density at radius 1 is 1.20 bits per heavy atom. The van der Waals surface area contributed by atoms with Crippen molar-refractivity contribution in [2.24, 2.45) is 0 Å². The number of nitrogens with one attached hydrogen (secondary N) is 2. The number of pyridine rings is 1. The molecule has 2 N–H and O–H groups in total. The summed E-state index contributed by atoms with van der Waals surface area (Å²) >= 11 is 0. The fourth-order valence-electron chi connectivity index (χ4n) is 3.44. The molecular weight excluding hydrogens is 385 g/mol. The van der Waals surface area contributed by atoms with Crippen molar-refractivity contribution in [3.63, 3.8) is 0 Å². The molecule has 0 amide bonds. The molecule has 4 rings (SSSR count). The van der Waals surface area contributed by atoms with Gasteiger partial charge in [0.05, 0.1) is 24.6 Å². The summed E-state index contributed by atoms with van der Waals surface area (Å²) in [7, 11) is 0. The molecule has 1 saturated heterocycles. The van der Waals surface area contributed by atoms with E-state index in [1.165, 1.54) is 6.07 Å². The standard InChI is InChI=1S/C22H24FN5O2/c1-15(19-13-21(29)27-22(26-19)17-4-6-24-7-5-17)25-14-16-2-3-20(18(23)12-16)28-8-10-30-11-9-28/h2-7,12-13,15,25H,8-11,14H2,1H3,(H,26,27,29)/t15-/m0/s1. The van der Waals surface area contributed by atoms with Crippen LogP contribution in [0.1, 0.15) is 24.2 Å². The van der Waals surface area contributed by atoms with Crippen molar-refractivity contribution in [3.05, 3.63) is 76.2 Å². The van der Waals surface area contributed by atoms with Gasteiger partial charge in [0.1, 0.15) is 11.6 Å². The molecule has 1 aromatic carbocycles. The van der Waals surface area contributed by atoms with Gasteiger partial charge < -0.3 is 19.9 Å². The predicted molar refractivity (Wildman–Crippen MR) is 113 cm³/mol. The fourth-order valence-corrected chi connectivity index (χ4v) is 3.44. The lowest BCUT2D eigenvalue weighted by Gasteiger charge is -2.29. The zero-order chi connectivity index (χ0) is 20.9. The number of morpholine rings is 1. The molecule has 156 valence electrons. The van der Waals surface area contributed by atoms with E-state index in [0.29, 0.717) is 50.1 Å². The normalized spacial score (nSPS) is 15.2. The summed E-state index contributed by atoms with van der Waals surface area (Å²) in [6, 6.07) is 10.2. The average Bonchev–Trinajstić information content (AvgIpc) is 2.78. The topological polar surface area (TPSA) is 83.1 Å². The summed E-state index contributed by atoms with van der Waals surface area (Å²) in [6.45, 7) is 5.01. The number of aromatic nitrogens is 3. The minimum atomic E-state index is -0.238. The van der Waals surface area contributed by atoms with Crippen LogP contribution in [0.3, 0.4) is 0 Å². The SMILES string of the molecule is C[C@H](NCc1ccc(N2CCOCC2)c(F)c1)c1cc(=O)[nH]c(-c2ccncc2)n1. The number of benzene rings is 1. The molecule has 7 nitrogen and oxygen atoms in total. The van der Waals surface area contributed by atoms with Gasteiger partial charge in [0.25, 0.3) is 5.56 Å². The number of aromatic amines is 1. The average molecular weight is 409 g/mol. The number of anilines is 1. The Labute approximate surface area is 174 Å². The molecule has 0 unspecified atom stereocenters. The first kappa shape index (κ1) is 20.2. The van der Waals surface area contributed by atoms with E-state index >= 15 is 0 Å². The highest BCUT2D eigenvalue weighted by Gasteiger charge is 2.16. The zero-order valence-corrected chi connectivity index (χ0v) is 16.8. The summed E-state index contributed by atoms with van der Waals surface area (Å²) in [6.07, 6.45) is 3.30. The monoisotopic (exact) mass is 409 g/mol. The third-order valence-electron chi connectivity index (χ3n) is 5.14. The van der Waals surface area contributed by atoms with E-state index in [-0.39, 0.29) is 17.4 Å². The van der Waals surface area contributed by atoms with Crippen LogP contribution in [0.25, 0.3) is 11.4 Å². The maximum Gasteiger partial charge on any atom is 0.251 e. The van der Waals surface area contributed by atoms with Gasteiger partial charge in [-0.25, -0.2) is 9.37 Å². The molecule has 2 aromatic heterocycles. The van der Waals surface area contributed by atoms with Crippen LogP contribution in [-0.4, -0.2) is 41.3 Å². The molecule has 1 aliphatic rings. The van der Waals surface area contributed by atoms with Crippen LogP contribution in [0.2, 0.25) is 0 Å². The summed E-state index contributed by atoms with van der Waals surface area (Å²) in [5.74, 6) is 0.257. The summed E-state index contributed by atoms with van der Waals surface area (Å²) < 4.78 is 19.9. The van der Waals surface area contributed by atoms with Crippen LogP contribution >= 0.6 is 0 Å². The molecule has 0 spiro atoms. The van der Waals surface area contributed by atoms with Crippen molar-refractivity contribution in [3.8, 4) is 11.4 Å². The second kappa shape index (κ2) is 9.15. The first-order valence-corrected chi connectivity index (χ1v) is 9.96. The number of nitrogens with zero attached hydrogens (tertiary/aromatic N) is 3. The van der Waals surface area contributed by atoms with E-state index in [1.807, 2.05) is 24.0 Å². The lowest BCUT2D eigenvalue weighted by atomic mass is 10.1. The molecule has 0 bridgehead atoms. The van der Waals surface area contributed by atoms with E-state index < -0.39 is 0 Å². The van der Waals surface area contributed by atoms with Gasteiger partial charge in [-0.15, -0.1) is 0 Å². The van der Waals surface area contributed by atoms with Crippen LogP contribution in [-0.2, 0) is 11.3 Å². The zero-order valence-electron chi connectivity index (χ0n) is 16.8. The summed E-state index contributed by atoms with van der Waals surface area (Å²) in [4.78, 5) is 25.4. The van der Waals surface area contributed by atoms with Gasteiger partial charge in [-0.3, -0.25) is 9.78 Å². The molecule has 1 aliphatic heterocycles. The van der Waals surface area contributed by atoms with Crippen molar-refractivity contribution < 1.29 is 9.13 Å². The van der Waals surface area contributed by atoms with Crippen molar-refractivity contribution in [2.75, 3.05) is 31.2 Å². The third kappa shape index (κ3) is 4.72. The van der Waals surface area contributed by atoms with Gasteiger partial charge in [0, 0.05) is 49.7 Å². The number of ether oxygens (including phenoxy) is 1. The molecule has 1 fully saturated rings. The molecule has 30 heavy (non-hydrogen) atoms. The van der Waals surface area contributed by atoms with Crippen molar-refractivity contribution >= 4 is 5.69 Å². The number of H-pyrrole nitrogens is 1. The lowest BCUT2D eigenvalue weighted by Crippen LogP contribution is -2.36. The lowest BCUT2D eigenvalue weighted by molar-refractivity contribution is 0.122. The first-order valence-electron chi connectivity index (χ1n) is 9.96. The Kier molecular flexibility index (Phi) is 6.15. The maximum absolute atomic E-state index is 14.6. The largest absolute Gasteiger partial charge is 0.378 e. The molecule has 3 heterocycles. The summed E-state index contributed by atoms with van der Waals surface area (Å²) in [5, 5.41) is 3.32. The van der Waals surface area contributed by atoms with Crippen molar-refractivity contribution in [1.29, 1.82) is 0 Å². The fraction of sp³-hybridized carbons (Fsp3) is 0.318. The molecule has 1 atom stereocenters. The van der Waals surface area contributed by atoms with Gasteiger partial charge >= 0.3 is 0 Å². The number of halogens is 1. The van der Waals surface area contributed by atoms with Crippen LogP contribution < -0.4 is 15.8 Å². The molecule has 3 aromatic rings. The quantitative estimate of drug-likeness (QED) is 0.651. The third-order valence-corrected chi connectivity index (χ3v) is 5.14. The van der Waals surface area contributed by atoms with E-state index in [1.54, 1.807) is 30.6 Å². The van der Waals surface area contributed by atoms with Crippen LogP contribution in [0.15, 0.2) is 53.6 Å². The Balaban J connectivity index is 1.44. The van der Waals surface area contributed by atoms with Crippen LogP contribution in [0, 0.1) is 5.82 Å². The first-order chi connectivity index (χ1) is 14.6. The van der Waals surface area contributed by atoms with Crippen molar-refractivity contribution in [2.45, 2.75) is 19.5 Å². The second-order valence-electron chi connectivity index (χ2n) is 7.24. The highest BCUT2D eigenvalue weighted by atomic mass is 19.1. The van der Waals surface area contributed by atoms with Gasteiger partial charge in [-0.2, -0.15) is 0 Å². The Morgan fingerprint density at radius 2 is 1.97 bits per heavy atom. The Hall–Kier alpha value is -3.10. The molecule has 0 saturated carbocycles. The number of hydrogen-bond donors (Lipinski definition) is 2. The van der Waals surface area contributed by atoms with Gasteiger partial charge in [0.15, 0.2) is 0 Å². The Morgan fingerprint density at radius 3 is 2.70 bits per heavy atom. The van der Waals surface area contributed by atoms with Crippen LogP contribution in [0.5, 0.6) is 0 Å². The van der Waals surface area contributed by atoms with E-state index in [2.05, 4.69) is 20.3 Å². The highest BCUT2D eigenvalue weighted by Crippen LogP contribution is 2.22. The molecule has 0 aliphatic carbocycles. The van der Waals surface area contributed by atoms with Gasteiger partial charge in [-0.1, -0.05) is 6.07 Å². The molecular formula is C22H24FN5O2. The molecule has 8 heteroatoms. The van der Waals surface area contributed by atoms with Crippen molar-refractivity contribution in [1.82, 2.24) is 20.3 Å². The van der Waals surface area contributed by atoms with Crippen LogP contribution in [0.4, 0.5) is 10.1 Å². The highest BCUT2D eigenvalue weighted by molar-refractivity contribution is 5.53. The maximum atomic E-state index is 14.6. The Bertz CT molecular complexity index is 1050. The number of hydrogen-bond acceptors (Lipinski definition) is 6. The van der Waals surface area contributed by atoms with E-state index in [9.17, 15) is 9.18 Å². The van der Waals surface area contributed by atoms with E-state index in [4.69, 9.17) is 4.74 Å². The smallest absolute Gasteiger partial charge is 0.251 e. The predicted octanol–water partition coefficient (Wildman–Crippen LogP) is 2.66. The number of rotatable bonds is 6.